The van der Waals surface area contributed by atoms with Gasteiger partial charge in [0, 0.05) is 37.6 Å². The lowest BCUT2D eigenvalue weighted by molar-refractivity contribution is 0.137. The van der Waals surface area contributed by atoms with Crippen molar-refractivity contribution in [3.05, 3.63) is 94.8 Å². The van der Waals surface area contributed by atoms with Crippen LogP contribution in [0.1, 0.15) is 60.1 Å². The molecule has 1 saturated carbocycles. The van der Waals surface area contributed by atoms with E-state index >= 15 is 0 Å². The summed E-state index contributed by atoms with van der Waals surface area (Å²) in [6.45, 7) is 4.95. The molecule has 30 heavy (non-hydrogen) atoms. The number of hydrogen-bond donors (Lipinski definition) is 0. The molecule has 0 atom stereocenters. The Morgan fingerprint density at radius 2 is 1.80 bits per heavy atom. The monoisotopic (exact) mass is 397 g/mol. The Balaban J connectivity index is 1.55. The van der Waals surface area contributed by atoms with Crippen LogP contribution in [0.5, 0.6) is 0 Å². The summed E-state index contributed by atoms with van der Waals surface area (Å²) in [7, 11) is 0. The number of aryl methyl sites for hydroxylation is 1. The van der Waals surface area contributed by atoms with Gasteiger partial charge in [0.25, 0.3) is 0 Å². The fourth-order valence-electron chi connectivity index (χ4n) is 4.66. The number of hydrogen-bond acceptors (Lipinski definition) is 2. The molecule has 1 aliphatic carbocycles. The molecule has 0 unspecified atom stereocenters. The highest BCUT2D eigenvalue weighted by Crippen LogP contribution is 2.26. The van der Waals surface area contributed by atoms with Gasteiger partial charge in [0.15, 0.2) is 0 Å². The lowest BCUT2D eigenvalue weighted by Crippen LogP contribution is -2.36. The molecular formula is C27H31N3. The standard InChI is InChI=1S/C27H31N3/c1-22-9-5-6-12-25(22)20-29-16-8-15-27(29)21-30(26-13-3-2-4-14-26)19-24-11-7-10-23(17-24)18-28/h5-12,15-17,26H,2-4,13-14,19-21H2,1H3. The van der Waals surface area contributed by atoms with Crippen molar-refractivity contribution in [1.82, 2.24) is 9.47 Å². The summed E-state index contributed by atoms with van der Waals surface area (Å²) in [5, 5.41) is 9.28. The summed E-state index contributed by atoms with van der Waals surface area (Å²) in [4.78, 5) is 2.64. The van der Waals surface area contributed by atoms with Crippen LogP contribution in [0.25, 0.3) is 0 Å². The van der Waals surface area contributed by atoms with Crippen LogP contribution >= 0.6 is 0 Å². The summed E-state index contributed by atoms with van der Waals surface area (Å²) in [6.07, 6.45) is 8.76. The first-order valence-corrected chi connectivity index (χ1v) is 11.1. The van der Waals surface area contributed by atoms with Crippen molar-refractivity contribution in [2.24, 2.45) is 0 Å². The van der Waals surface area contributed by atoms with Gasteiger partial charge < -0.3 is 4.57 Å². The van der Waals surface area contributed by atoms with Crippen LogP contribution in [0.15, 0.2) is 66.9 Å². The average molecular weight is 398 g/mol. The van der Waals surface area contributed by atoms with Crippen LogP contribution in [0, 0.1) is 18.3 Å². The van der Waals surface area contributed by atoms with Gasteiger partial charge in [0.1, 0.15) is 0 Å². The molecule has 1 fully saturated rings. The van der Waals surface area contributed by atoms with Gasteiger partial charge in [-0.1, -0.05) is 55.7 Å². The second-order valence-electron chi connectivity index (χ2n) is 8.56. The lowest BCUT2D eigenvalue weighted by Gasteiger charge is -2.34. The minimum absolute atomic E-state index is 0.617. The molecular weight excluding hydrogens is 366 g/mol. The van der Waals surface area contributed by atoms with Gasteiger partial charge >= 0.3 is 0 Å². The summed E-state index contributed by atoms with van der Waals surface area (Å²) < 4.78 is 2.39. The highest BCUT2D eigenvalue weighted by Gasteiger charge is 2.22. The van der Waals surface area contributed by atoms with Crippen molar-refractivity contribution in [2.45, 2.75) is 64.7 Å². The summed E-state index contributed by atoms with van der Waals surface area (Å²) in [5.74, 6) is 0. The molecule has 0 aliphatic heterocycles. The second-order valence-corrected chi connectivity index (χ2v) is 8.56. The Morgan fingerprint density at radius 3 is 2.60 bits per heavy atom. The first kappa shape index (κ1) is 20.4. The molecule has 1 aromatic heterocycles. The number of benzene rings is 2. The second kappa shape index (κ2) is 9.78. The average Bonchev–Trinajstić information content (AvgIpc) is 3.22. The minimum Gasteiger partial charge on any atom is -0.346 e. The highest BCUT2D eigenvalue weighted by molar-refractivity contribution is 5.33. The maximum atomic E-state index is 9.28. The first-order valence-electron chi connectivity index (χ1n) is 11.1. The van der Waals surface area contributed by atoms with Crippen molar-refractivity contribution in [3.8, 4) is 6.07 Å². The van der Waals surface area contributed by atoms with Gasteiger partial charge in [-0.15, -0.1) is 0 Å². The predicted molar refractivity (Wildman–Crippen MR) is 122 cm³/mol. The molecule has 0 amide bonds. The lowest BCUT2D eigenvalue weighted by atomic mass is 9.93. The molecule has 3 heteroatoms. The fraction of sp³-hybridized carbons (Fsp3) is 0.370. The van der Waals surface area contributed by atoms with Gasteiger partial charge in [0.2, 0.25) is 0 Å². The van der Waals surface area contributed by atoms with Gasteiger partial charge in [-0.25, -0.2) is 0 Å². The Labute approximate surface area is 180 Å². The summed E-state index contributed by atoms with van der Waals surface area (Å²) >= 11 is 0. The van der Waals surface area contributed by atoms with Crippen LogP contribution in [0.4, 0.5) is 0 Å². The van der Waals surface area contributed by atoms with Crippen molar-refractivity contribution < 1.29 is 0 Å². The van der Waals surface area contributed by atoms with E-state index in [2.05, 4.69) is 71.1 Å². The van der Waals surface area contributed by atoms with E-state index in [0.717, 1.165) is 25.2 Å². The third-order valence-electron chi connectivity index (χ3n) is 6.42. The summed E-state index contributed by atoms with van der Waals surface area (Å²) in [6, 6.07) is 24.1. The van der Waals surface area contributed by atoms with Crippen molar-refractivity contribution in [3.63, 3.8) is 0 Å². The predicted octanol–water partition coefficient (Wildman–Crippen LogP) is 6.05. The van der Waals surface area contributed by atoms with Crippen LogP contribution in [-0.4, -0.2) is 15.5 Å². The van der Waals surface area contributed by atoms with E-state index in [1.54, 1.807) is 0 Å². The largest absolute Gasteiger partial charge is 0.346 e. The highest BCUT2D eigenvalue weighted by atomic mass is 15.2. The number of nitriles is 1. The molecule has 1 aliphatic rings. The third kappa shape index (κ3) is 5.01. The number of aromatic nitrogens is 1. The fourth-order valence-corrected chi connectivity index (χ4v) is 4.66. The normalized spacial score (nSPS) is 14.7. The topological polar surface area (TPSA) is 32.0 Å². The van der Waals surface area contributed by atoms with E-state index < -0.39 is 0 Å². The van der Waals surface area contributed by atoms with Crippen LogP contribution in [-0.2, 0) is 19.6 Å². The van der Waals surface area contributed by atoms with E-state index in [4.69, 9.17) is 0 Å². The van der Waals surface area contributed by atoms with E-state index in [9.17, 15) is 5.26 Å². The van der Waals surface area contributed by atoms with Crippen molar-refractivity contribution >= 4 is 0 Å². The van der Waals surface area contributed by atoms with Crippen molar-refractivity contribution in [1.29, 1.82) is 5.26 Å². The Morgan fingerprint density at radius 1 is 0.967 bits per heavy atom. The maximum absolute atomic E-state index is 9.28. The zero-order chi connectivity index (χ0) is 20.8. The SMILES string of the molecule is Cc1ccccc1Cn1cccc1CN(Cc1cccc(C#N)c1)C1CCCCC1. The van der Waals surface area contributed by atoms with Gasteiger partial charge in [-0.2, -0.15) is 5.26 Å². The Kier molecular flexibility index (Phi) is 6.67. The molecule has 154 valence electrons. The van der Waals surface area contributed by atoms with Gasteiger partial charge in [-0.05, 0) is 60.7 Å². The molecule has 3 nitrogen and oxygen atoms in total. The van der Waals surface area contributed by atoms with Gasteiger partial charge in [-0.3, -0.25) is 4.90 Å². The van der Waals surface area contributed by atoms with E-state index in [1.807, 2.05) is 18.2 Å². The number of nitrogens with zero attached hydrogens (tertiary/aromatic N) is 3. The zero-order valence-electron chi connectivity index (χ0n) is 17.9. The van der Waals surface area contributed by atoms with Crippen LogP contribution in [0.2, 0.25) is 0 Å². The van der Waals surface area contributed by atoms with Gasteiger partial charge in [0.05, 0.1) is 11.6 Å². The van der Waals surface area contributed by atoms with E-state index in [1.165, 1.54) is 54.5 Å². The molecule has 0 N–H and O–H groups in total. The number of rotatable bonds is 7. The molecule has 0 saturated heterocycles. The molecule has 0 radical (unpaired) electrons. The molecule has 3 aromatic rings. The quantitative estimate of drug-likeness (QED) is 0.486. The molecule has 4 rings (SSSR count). The smallest absolute Gasteiger partial charge is 0.0991 e. The van der Waals surface area contributed by atoms with Crippen molar-refractivity contribution in [2.75, 3.05) is 0 Å². The molecule has 0 spiro atoms. The molecule has 2 aromatic carbocycles. The Bertz CT molecular complexity index is 1000. The summed E-state index contributed by atoms with van der Waals surface area (Å²) in [5.41, 5.74) is 6.06. The first-order chi connectivity index (χ1) is 14.7. The molecule has 0 bridgehead atoms. The third-order valence-corrected chi connectivity index (χ3v) is 6.42. The Hall–Kier alpha value is -2.83. The minimum atomic E-state index is 0.617. The zero-order valence-corrected chi connectivity index (χ0v) is 17.9. The van der Waals surface area contributed by atoms with Crippen LogP contribution < -0.4 is 0 Å². The maximum Gasteiger partial charge on any atom is 0.0991 e. The molecule has 1 heterocycles. The van der Waals surface area contributed by atoms with E-state index in [0.29, 0.717) is 6.04 Å². The van der Waals surface area contributed by atoms with E-state index in [-0.39, 0.29) is 0 Å². The van der Waals surface area contributed by atoms with Crippen LogP contribution in [0.3, 0.4) is 0 Å².